The Morgan fingerprint density at radius 2 is 2.31 bits per heavy atom. The fourth-order valence-corrected chi connectivity index (χ4v) is 2.26. The van der Waals surface area contributed by atoms with Crippen molar-refractivity contribution in [3.8, 4) is 0 Å². The molecule has 3 heteroatoms. The van der Waals surface area contributed by atoms with Crippen molar-refractivity contribution in [2.75, 3.05) is 13.1 Å². The number of rotatable bonds is 2. The first-order chi connectivity index (χ1) is 7.65. The van der Waals surface area contributed by atoms with E-state index in [-0.39, 0.29) is 11.9 Å². The summed E-state index contributed by atoms with van der Waals surface area (Å²) in [5.41, 5.74) is 1.00. The summed E-state index contributed by atoms with van der Waals surface area (Å²) in [7, 11) is 0. The molecule has 0 saturated carbocycles. The second-order valence-electron chi connectivity index (χ2n) is 4.70. The maximum atomic E-state index is 13.0. The highest BCUT2D eigenvalue weighted by atomic mass is 19.1. The Labute approximate surface area is 95.7 Å². The number of piperidine rings is 1. The van der Waals surface area contributed by atoms with Gasteiger partial charge in [-0.2, -0.15) is 0 Å². The summed E-state index contributed by atoms with van der Waals surface area (Å²) in [6, 6.07) is 6.73. The minimum Gasteiger partial charge on any atom is -0.393 e. The maximum Gasteiger partial charge on any atom is 0.123 e. The molecule has 1 saturated heterocycles. The van der Waals surface area contributed by atoms with E-state index in [2.05, 4.69) is 11.8 Å². The summed E-state index contributed by atoms with van der Waals surface area (Å²) in [5, 5.41) is 9.62. The number of nitrogens with zero attached hydrogens (tertiary/aromatic N) is 1. The second kappa shape index (κ2) is 4.93. The first-order valence-corrected chi connectivity index (χ1v) is 5.80. The molecule has 2 atom stereocenters. The molecule has 88 valence electrons. The summed E-state index contributed by atoms with van der Waals surface area (Å²) in [6.45, 7) is 4.61. The molecule has 0 aromatic heterocycles. The zero-order chi connectivity index (χ0) is 11.5. The number of hydrogen-bond acceptors (Lipinski definition) is 2. The molecule has 0 aliphatic carbocycles. The Balaban J connectivity index is 1.95. The summed E-state index contributed by atoms with van der Waals surface area (Å²) >= 11 is 0. The third-order valence-electron chi connectivity index (χ3n) is 3.24. The topological polar surface area (TPSA) is 23.5 Å². The number of likely N-dealkylation sites (tertiary alicyclic amines) is 1. The zero-order valence-corrected chi connectivity index (χ0v) is 9.56. The summed E-state index contributed by atoms with van der Waals surface area (Å²) in [5.74, 6) is 0.130. The largest absolute Gasteiger partial charge is 0.393 e. The molecular formula is C13H18FNO. The third-order valence-corrected chi connectivity index (χ3v) is 3.24. The summed E-state index contributed by atoms with van der Waals surface area (Å²) in [6.07, 6.45) is 0.639. The van der Waals surface area contributed by atoms with E-state index < -0.39 is 0 Å². The average Bonchev–Trinajstić information content (AvgIpc) is 2.24. The molecule has 2 rings (SSSR count). The molecule has 1 fully saturated rings. The molecule has 1 aromatic carbocycles. The Bertz CT molecular complexity index is 356. The molecule has 0 amide bonds. The van der Waals surface area contributed by atoms with E-state index in [0.717, 1.165) is 31.6 Å². The van der Waals surface area contributed by atoms with E-state index in [4.69, 9.17) is 0 Å². The summed E-state index contributed by atoms with van der Waals surface area (Å²) < 4.78 is 13.0. The van der Waals surface area contributed by atoms with Crippen molar-refractivity contribution in [2.45, 2.75) is 26.0 Å². The number of hydrogen-bond donors (Lipinski definition) is 1. The van der Waals surface area contributed by atoms with Crippen molar-refractivity contribution in [3.05, 3.63) is 35.6 Å². The third kappa shape index (κ3) is 2.80. The van der Waals surface area contributed by atoms with Crippen LogP contribution < -0.4 is 0 Å². The first kappa shape index (κ1) is 11.6. The van der Waals surface area contributed by atoms with Crippen molar-refractivity contribution < 1.29 is 9.50 Å². The van der Waals surface area contributed by atoms with E-state index in [0.29, 0.717) is 5.92 Å². The van der Waals surface area contributed by atoms with Crippen molar-refractivity contribution in [1.82, 2.24) is 4.90 Å². The van der Waals surface area contributed by atoms with E-state index in [1.165, 1.54) is 6.07 Å². The molecule has 0 bridgehead atoms. The maximum absolute atomic E-state index is 13.0. The Morgan fingerprint density at radius 3 is 3.00 bits per heavy atom. The SMILES string of the molecule is C[C@@H]1CN(Cc2cccc(F)c2)CC[C@@H]1O. The highest BCUT2D eigenvalue weighted by molar-refractivity contribution is 5.16. The lowest BCUT2D eigenvalue weighted by Gasteiger charge is -2.34. The molecule has 1 N–H and O–H groups in total. The summed E-state index contributed by atoms with van der Waals surface area (Å²) in [4.78, 5) is 2.27. The molecule has 1 heterocycles. The van der Waals surface area contributed by atoms with Gasteiger partial charge in [-0.15, -0.1) is 0 Å². The highest BCUT2D eigenvalue weighted by Gasteiger charge is 2.23. The predicted molar refractivity (Wildman–Crippen MR) is 61.5 cm³/mol. The van der Waals surface area contributed by atoms with Gasteiger partial charge in [0.15, 0.2) is 0 Å². The van der Waals surface area contributed by atoms with E-state index >= 15 is 0 Å². The van der Waals surface area contributed by atoms with Crippen molar-refractivity contribution in [2.24, 2.45) is 5.92 Å². The predicted octanol–water partition coefficient (Wildman–Crippen LogP) is 2.03. The number of aliphatic hydroxyl groups is 1. The molecule has 1 aliphatic rings. The number of aliphatic hydroxyl groups excluding tert-OH is 1. The van der Waals surface area contributed by atoms with Crippen LogP contribution in [0.5, 0.6) is 0 Å². The first-order valence-electron chi connectivity index (χ1n) is 5.80. The Morgan fingerprint density at radius 1 is 1.50 bits per heavy atom. The van der Waals surface area contributed by atoms with Gasteiger partial charge in [-0.3, -0.25) is 4.90 Å². The van der Waals surface area contributed by atoms with E-state index in [1.807, 2.05) is 6.07 Å². The second-order valence-corrected chi connectivity index (χ2v) is 4.70. The van der Waals surface area contributed by atoms with Gasteiger partial charge in [-0.05, 0) is 30.0 Å². The number of halogens is 1. The zero-order valence-electron chi connectivity index (χ0n) is 9.56. The lowest BCUT2D eigenvalue weighted by molar-refractivity contribution is 0.0320. The minimum atomic E-state index is -0.178. The normalized spacial score (nSPS) is 26.9. The van der Waals surface area contributed by atoms with Crippen LogP contribution in [-0.4, -0.2) is 29.2 Å². The Hall–Kier alpha value is -0.930. The van der Waals surface area contributed by atoms with Crippen LogP contribution in [-0.2, 0) is 6.54 Å². The van der Waals surface area contributed by atoms with Gasteiger partial charge in [-0.1, -0.05) is 19.1 Å². The van der Waals surface area contributed by atoms with Crippen LogP contribution in [0.15, 0.2) is 24.3 Å². The van der Waals surface area contributed by atoms with Gasteiger partial charge in [0.25, 0.3) is 0 Å². The molecule has 1 aliphatic heterocycles. The van der Waals surface area contributed by atoms with E-state index in [9.17, 15) is 9.50 Å². The monoisotopic (exact) mass is 223 g/mol. The quantitative estimate of drug-likeness (QED) is 0.829. The van der Waals surface area contributed by atoms with Gasteiger partial charge in [0.2, 0.25) is 0 Å². The average molecular weight is 223 g/mol. The van der Waals surface area contributed by atoms with Crippen LogP contribution in [0.2, 0.25) is 0 Å². The minimum absolute atomic E-state index is 0.177. The van der Waals surface area contributed by atoms with Crippen LogP contribution in [0.1, 0.15) is 18.9 Å². The van der Waals surface area contributed by atoms with Gasteiger partial charge in [-0.25, -0.2) is 4.39 Å². The van der Waals surface area contributed by atoms with Gasteiger partial charge < -0.3 is 5.11 Å². The molecule has 2 nitrogen and oxygen atoms in total. The van der Waals surface area contributed by atoms with Crippen molar-refractivity contribution in [1.29, 1.82) is 0 Å². The van der Waals surface area contributed by atoms with E-state index in [1.54, 1.807) is 12.1 Å². The molecule has 0 radical (unpaired) electrons. The van der Waals surface area contributed by atoms with Crippen molar-refractivity contribution >= 4 is 0 Å². The lowest BCUT2D eigenvalue weighted by Crippen LogP contribution is -2.41. The van der Waals surface area contributed by atoms with Crippen LogP contribution in [0.25, 0.3) is 0 Å². The lowest BCUT2D eigenvalue weighted by atomic mass is 9.96. The fraction of sp³-hybridized carbons (Fsp3) is 0.538. The van der Waals surface area contributed by atoms with Gasteiger partial charge in [0, 0.05) is 19.6 Å². The molecule has 0 unspecified atom stereocenters. The smallest absolute Gasteiger partial charge is 0.123 e. The van der Waals surface area contributed by atoms with Gasteiger partial charge >= 0.3 is 0 Å². The van der Waals surface area contributed by atoms with Crippen LogP contribution in [0.4, 0.5) is 4.39 Å². The fourth-order valence-electron chi connectivity index (χ4n) is 2.26. The van der Waals surface area contributed by atoms with Gasteiger partial charge in [0.05, 0.1) is 6.10 Å². The van der Waals surface area contributed by atoms with Crippen LogP contribution in [0, 0.1) is 11.7 Å². The van der Waals surface area contributed by atoms with Crippen molar-refractivity contribution in [3.63, 3.8) is 0 Å². The van der Waals surface area contributed by atoms with Gasteiger partial charge in [0.1, 0.15) is 5.82 Å². The molecule has 16 heavy (non-hydrogen) atoms. The Kier molecular flexibility index (Phi) is 3.56. The highest BCUT2D eigenvalue weighted by Crippen LogP contribution is 2.18. The van der Waals surface area contributed by atoms with Crippen LogP contribution >= 0.6 is 0 Å². The molecule has 0 spiro atoms. The van der Waals surface area contributed by atoms with Crippen LogP contribution in [0.3, 0.4) is 0 Å². The molecular weight excluding hydrogens is 205 g/mol. The molecule has 1 aromatic rings. The standard InChI is InChI=1S/C13H18FNO/c1-10-8-15(6-5-13(10)16)9-11-3-2-4-12(14)7-11/h2-4,7,10,13,16H,5-6,8-9H2,1H3/t10-,13+/m1/s1. The number of benzene rings is 1.